The molecule has 0 aliphatic heterocycles. The molecular formula is C26H56NO4+. The van der Waals surface area contributed by atoms with Gasteiger partial charge in [-0.05, 0) is 13.3 Å². The van der Waals surface area contributed by atoms with Crippen LogP contribution < -0.4 is 0 Å². The van der Waals surface area contributed by atoms with Crippen LogP contribution in [0.1, 0.15) is 104 Å². The Hall–Kier alpha value is -0.200. The molecule has 0 saturated carbocycles. The van der Waals surface area contributed by atoms with Gasteiger partial charge < -0.3 is 23.8 Å². The Morgan fingerprint density at radius 3 is 1.58 bits per heavy atom. The van der Waals surface area contributed by atoms with E-state index in [1.165, 1.54) is 83.5 Å². The van der Waals surface area contributed by atoms with Gasteiger partial charge >= 0.3 is 0 Å². The fourth-order valence-corrected chi connectivity index (χ4v) is 3.46. The van der Waals surface area contributed by atoms with Gasteiger partial charge in [-0.15, -0.1) is 0 Å². The number of nitrogens with zero attached hydrogens (tertiary/aromatic N) is 1. The number of likely N-dealkylation sites (N-methyl/N-ethyl adjacent to an activating group) is 1. The molecule has 0 spiro atoms. The van der Waals surface area contributed by atoms with Crippen LogP contribution in [-0.2, 0) is 14.2 Å². The Labute approximate surface area is 194 Å². The van der Waals surface area contributed by atoms with E-state index in [1.807, 2.05) is 0 Å². The van der Waals surface area contributed by atoms with Crippen molar-refractivity contribution in [1.29, 1.82) is 0 Å². The molecule has 0 heterocycles. The second-order valence-electron chi connectivity index (χ2n) is 10.3. The lowest BCUT2D eigenvalue weighted by molar-refractivity contribution is -0.870. The Morgan fingerprint density at radius 1 is 0.613 bits per heavy atom. The normalized spacial score (nSPS) is 14.1. The molecule has 5 heteroatoms. The van der Waals surface area contributed by atoms with E-state index in [1.54, 1.807) is 6.92 Å². The molecule has 1 N–H and O–H groups in total. The smallest absolute Gasteiger partial charge is 0.186 e. The van der Waals surface area contributed by atoms with Gasteiger partial charge in [0.1, 0.15) is 13.2 Å². The second-order valence-corrected chi connectivity index (χ2v) is 10.3. The van der Waals surface area contributed by atoms with E-state index in [4.69, 9.17) is 14.2 Å². The number of aliphatic hydroxyl groups is 1. The van der Waals surface area contributed by atoms with Gasteiger partial charge in [-0.1, -0.05) is 90.4 Å². The number of ether oxygens (including phenoxy) is 3. The first-order valence-corrected chi connectivity index (χ1v) is 13.1. The van der Waals surface area contributed by atoms with Crippen molar-refractivity contribution < 1.29 is 23.8 Å². The third-order valence-corrected chi connectivity index (χ3v) is 5.56. The van der Waals surface area contributed by atoms with Crippen LogP contribution in [0.4, 0.5) is 0 Å². The van der Waals surface area contributed by atoms with E-state index in [2.05, 4.69) is 28.1 Å². The lowest BCUT2D eigenvalue weighted by atomic mass is 10.0. The summed E-state index contributed by atoms with van der Waals surface area (Å²) in [7, 11) is 6.42. The van der Waals surface area contributed by atoms with Crippen LogP contribution in [0.3, 0.4) is 0 Å². The molecular weight excluding hydrogens is 390 g/mol. The molecule has 0 fully saturated rings. The minimum absolute atomic E-state index is 0.213. The van der Waals surface area contributed by atoms with Gasteiger partial charge in [0.2, 0.25) is 0 Å². The molecule has 0 aromatic carbocycles. The third kappa shape index (κ3) is 25.9. The lowest BCUT2D eigenvalue weighted by Crippen LogP contribution is -2.38. The zero-order valence-corrected chi connectivity index (χ0v) is 21.8. The zero-order chi connectivity index (χ0) is 23.3. The van der Waals surface area contributed by atoms with Gasteiger partial charge in [-0.3, -0.25) is 0 Å². The van der Waals surface area contributed by atoms with Gasteiger partial charge in [0.15, 0.2) is 5.79 Å². The number of hydrogen-bond donors (Lipinski definition) is 1. The molecule has 31 heavy (non-hydrogen) atoms. The maximum absolute atomic E-state index is 10.2. The van der Waals surface area contributed by atoms with E-state index >= 15 is 0 Å². The summed E-state index contributed by atoms with van der Waals surface area (Å²) in [5.41, 5.74) is 0. The lowest BCUT2D eigenvalue weighted by Gasteiger charge is -2.25. The highest BCUT2D eigenvalue weighted by Crippen LogP contribution is 2.13. The van der Waals surface area contributed by atoms with E-state index in [-0.39, 0.29) is 6.61 Å². The molecule has 1 unspecified atom stereocenters. The monoisotopic (exact) mass is 446 g/mol. The molecule has 0 aromatic heterocycles. The second kappa shape index (κ2) is 20.4. The largest absolute Gasteiger partial charge is 0.376 e. The van der Waals surface area contributed by atoms with E-state index in [0.717, 1.165) is 17.4 Å². The zero-order valence-electron chi connectivity index (χ0n) is 21.8. The highest BCUT2D eigenvalue weighted by Gasteiger charge is 2.21. The SMILES string of the molecule is CCCCCCCCCCCCCCCCOCC(C)(O)OCCOCC[N+](C)(C)C. The van der Waals surface area contributed by atoms with Gasteiger partial charge in [0.25, 0.3) is 0 Å². The summed E-state index contributed by atoms with van der Waals surface area (Å²) in [6, 6.07) is 0. The van der Waals surface area contributed by atoms with Gasteiger partial charge in [-0.25, -0.2) is 0 Å². The molecule has 1 atom stereocenters. The summed E-state index contributed by atoms with van der Waals surface area (Å²) in [6.45, 7) is 7.37. The molecule has 0 bridgehead atoms. The summed E-state index contributed by atoms with van der Waals surface area (Å²) in [5, 5.41) is 10.2. The summed E-state index contributed by atoms with van der Waals surface area (Å²) in [4.78, 5) is 0. The molecule has 0 aliphatic carbocycles. The fraction of sp³-hybridized carbons (Fsp3) is 1.00. The minimum Gasteiger partial charge on any atom is -0.376 e. The summed E-state index contributed by atoms with van der Waals surface area (Å²) >= 11 is 0. The molecule has 188 valence electrons. The molecule has 0 aromatic rings. The van der Waals surface area contributed by atoms with Crippen LogP contribution in [0.2, 0.25) is 0 Å². The maximum Gasteiger partial charge on any atom is 0.186 e. The maximum atomic E-state index is 10.2. The minimum atomic E-state index is -1.24. The Bertz CT molecular complexity index is 369. The Balaban J connectivity index is 3.31. The van der Waals surface area contributed by atoms with Crippen LogP contribution >= 0.6 is 0 Å². The molecule has 0 saturated heterocycles. The molecule has 0 radical (unpaired) electrons. The van der Waals surface area contributed by atoms with Crippen molar-refractivity contribution in [2.45, 2.75) is 110 Å². The van der Waals surface area contributed by atoms with Crippen molar-refractivity contribution >= 4 is 0 Å². The van der Waals surface area contributed by atoms with Crippen LogP contribution in [-0.4, -0.2) is 76.1 Å². The predicted octanol–water partition coefficient (Wildman–Crippen LogP) is 5.93. The molecule has 0 rings (SSSR count). The van der Waals surface area contributed by atoms with Crippen molar-refractivity contribution in [3.8, 4) is 0 Å². The third-order valence-electron chi connectivity index (χ3n) is 5.56. The van der Waals surface area contributed by atoms with Crippen molar-refractivity contribution in [3.05, 3.63) is 0 Å². The van der Waals surface area contributed by atoms with Crippen molar-refractivity contribution in [2.24, 2.45) is 0 Å². The predicted molar refractivity (Wildman–Crippen MR) is 131 cm³/mol. The van der Waals surface area contributed by atoms with Crippen LogP contribution in [0, 0.1) is 0 Å². The van der Waals surface area contributed by atoms with Crippen molar-refractivity contribution in [2.75, 3.05) is 60.7 Å². The van der Waals surface area contributed by atoms with Gasteiger partial charge in [-0.2, -0.15) is 0 Å². The number of hydrogen-bond acceptors (Lipinski definition) is 4. The first-order valence-electron chi connectivity index (χ1n) is 13.1. The van der Waals surface area contributed by atoms with Gasteiger partial charge in [0.05, 0.1) is 41.0 Å². The quantitative estimate of drug-likeness (QED) is 0.113. The highest BCUT2D eigenvalue weighted by molar-refractivity contribution is 4.58. The number of quaternary nitrogens is 1. The van der Waals surface area contributed by atoms with E-state index < -0.39 is 5.79 Å². The van der Waals surface area contributed by atoms with E-state index in [0.29, 0.717) is 26.4 Å². The first-order chi connectivity index (χ1) is 14.8. The first kappa shape index (κ1) is 30.8. The summed E-state index contributed by atoms with van der Waals surface area (Å²) in [5.74, 6) is -1.24. The van der Waals surface area contributed by atoms with Crippen molar-refractivity contribution in [1.82, 2.24) is 0 Å². The highest BCUT2D eigenvalue weighted by atomic mass is 16.7. The average molecular weight is 447 g/mol. The van der Waals surface area contributed by atoms with Crippen LogP contribution in [0.25, 0.3) is 0 Å². The fourth-order valence-electron chi connectivity index (χ4n) is 3.46. The molecule has 0 amide bonds. The van der Waals surface area contributed by atoms with Crippen LogP contribution in [0.15, 0.2) is 0 Å². The standard InChI is InChI=1S/C26H56NO4/c1-6-7-8-9-10-11-12-13-14-15-16-17-18-19-21-30-25-26(2,28)31-24-23-29-22-20-27(3,4)5/h28H,6-25H2,1-5H3/q+1. The molecule has 0 aliphatic rings. The average Bonchev–Trinajstić information content (AvgIpc) is 2.69. The summed E-state index contributed by atoms with van der Waals surface area (Å²) in [6.07, 6.45) is 19.0. The van der Waals surface area contributed by atoms with Gasteiger partial charge in [0, 0.05) is 6.61 Å². The van der Waals surface area contributed by atoms with Crippen LogP contribution in [0.5, 0.6) is 0 Å². The Morgan fingerprint density at radius 2 is 1.10 bits per heavy atom. The van der Waals surface area contributed by atoms with Crippen molar-refractivity contribution in [3.63, 3.8) is 0 Å². The summed E-state index contributed by atoms with van der Waals surface area (Å²) < 4.78 is 17.5. The number of unbranched alkanes of at least 4 members (excludes halogenated alkanes) is 13. The number of rotatable bonds is 24. The Kier molecular flexibility index (Phi) is 20.3. The topological polar surface area (TPSA) is 47.9 Å². The molecule has 5 nitrogen and oxygen atoms in total. The van der Waals surface area contributed by atoms with E-state index in [9.17, 15) is 5.11 Å².